The topological polar surface area (TPSA) is 104 Å². The average Bonchev–Trinajstić information content (AvgIpc) is 3.34. The van der Waals surface area contributed by atoms with Crippen LogP contribution in [0.15, 0.2) is 30.5 Å². The summed E-state index contributed by atoms with van der Waals surface area (Å²) in [5.41, 5.74) is 0.173. The standard InChI is InChI=1S/C25H24FN5O4S/c1-35-19-5-3-17-13-31(22(32)20(17)21(19)26)15-25(23(33)28-24(34)29-25)7-6-16-2-4-18(27-12-16)14-30-8-10-36-11-9-30/h2-5,12H,8-11,13-15H2,1H3,(H2,28,29,33,34). The van der Waals surface area contributed by atoms with Gasteiger partial charge >= 0.3 is 6.03 Å². The highest BCUT2D eigenvalue weighted by molar-refractivity contribution is 7.99. The molecule has 186 valence electrons. The number of pyridine rings is 1. The number of fused-ring (bicyclic) bond motifs is 1. The Labute approximate surface area is 211 Å². The molecule has 2 aromatic rings. The Bertz CT molecular complexity index is 1290. The van der Waals surface area contributed by atoms with Crippen molar-refractivity contribution in [1.82, 2.24) is 25.4 Å². The summed E-state index contributed by atoms with van der Waals surface area (Å²) in [6.07, 6.45) is 1.63. The van der Waals surface area contributed by atoms with E-state index in [9.17, 15) is 18.8 Å². The van der Waals surface area contributed by atoms with Gasteiger partial charge < -0.3 is 15.0 Å². The molecule has 11 heteroatoms. The SMILES string of the molecule is COc1ccc2c(c1F)C(=O)N(CC1(C#Cc3ccc(CN4CCSCC4)nc3)NC(=O)NC1=O)C2. The molecule has 5 rings (SSSR count). The predicted molar refractivity (Wildman–Crippen MR) is 131 cm³/mol. The van der Waals surface area contributed by atoms with Crippen molar-refractivity contribution in [2.75, 3.05) is 38.2 Å². The molecule has 0 spiro atoms. The maximum Gasteiger partial charge on any atom is 0.323 e. The van der Waals surface area contributed by atoms with Gasteiger partial charge in [0.05, 0.1) is 24.9 Å². The molecule has 2 saturated heterocycles. The quantitative estimate of drug-likeness (QED) is 0.464. The number of methoxy groups -OCH3 is 1. The monoisotopic (exact) mass is 509 g/mol. The number of carbonyl (C=O) groups is 3. The van der Waals surface area contributed by atoms with Crippen molar-refractivity contribution in [3.8, 4) is 17.6 Å². The number of nitrogens with zero attached hydrogens (tertiary/aromatic N) is 3. The number of hydrogen-bond donors (Lipinski definition) is 2. The van der Waals surface area contributed by atoms with Gasteiger partial charge in [-0.15, -0.1) is 0 Å². The van der Waals surface area contributed by atoms with Gasteiger partial charge in [-0.2, -0.15) is 11.8 Å². The minimum Gasteiger partial charge on any atom is -0.494 e. The first-order chi connectivity index (χ1) is 17.4. The number of urea groups is 1. The summed E-state index contributed by atoms with van der Waals surface area (Å²) in [7, 11) is 1.32. The number of amides is 4. The summed E-state index contributed by atoms with van der Waals surface area (Å²) in [4.78, 5) is 45.9. The Morgan fingerprint density at radius 3 is 2.67 bits per heavy atom. The number of benzene rings is 1. The molecule has 36 heavy (non-hydrogen) atoms. The van der Waals surface area contributed by atoms with Crippen LogP contribution < -0.4 is 15.4 Å². The lowest BCUT2D eigenvalue weighted by Gasteiger charge is -2.26. The number of aromatic nitrogens is 1. The molecule has 0 bridgehead atoms. The van der Waals surface area contributed by atoms with E-state index in [2.05, 4.69) is 32.4 Å². The summed E-state index contributed by atoms with van der Waals surface area (Å²) >= 11 is 1.95. The third-order valence-corrected chi connectivity index (χ3v) is 7.32. The van der Waals surface area contributed by atoms with Crippen molar-refractivity contribution < 1.29 is 23.5 Å². The molecule has 4 heterocycles. The second kappa shape index (κ2) is 9.79. The van der Waals surface area contributed by atoms with E-state index in [1.165, 1.54) is 18.1 Å². The van der Waals surface area contributed by atoms with Crippen molar-refractivity contribution in [3.63, 3.8) is 0 Å². The van der Waals surface area contributed by atoms with Crippen molar-refractivity contribution in [2.45, 2.75) is 18.6 Å². The van der Waals surface area contributed by atoms with E-state index in [4.69, 9.17) is 4.74 Å². The van der Waals surface area contributed by atoms with Crippen LogP contribution in [0.1, 0.15) is 27.2 Å². The molecule has 1 aromatic heterocycles. The lowest BCUT2D eigenvalue weighted by atomic mass is 9.99. The largest absolute Gasteiger partial charge is 0.494 e. The number of carbonyl (C=O) groups excluding carboxylic acids is 3. The zero-order valence-electron chi connectivity index (χ0n) is 19.6. The number of nitrogens with one attached hydrogen (secondary N) is 2. The van der Waals surface area contributed by atoms with E-state index in [1.54, 1.807) is 12.3 Å². The molecule has 4 amide bonds. The second-order valence-corrected chi connectivity index (χ2v) is 9.99. The molecule has 0 saturated carbocycles. The number of halogens is 1. The molecular weight excluding hydrogens is 485 g/mol. The first-order valence-electron chi connectivity index (χ1n) is 11.4. The van der Waals surface area contributed by atoms with Crippen LogP contribution in [0.4, 0.5) is 9.18 Å². The predicted octanol–water partition coefficient (Wildman–Crippen LogP) is 1.36. The van der Waals surface area contributed by atoms with Gasteiger partial charge in [-0.25, -0.2) is 9.18 Å². The Kier molecular flexibility index (Phi) is 6.55. The van der Waals surface area contributed by atoms with Gasteiger partial charge in [-0.1, -0.05) is 17.9 Å². The highest BCUT2D eigenvalue weighted by atomic mass is 32.2. The fraction of sp³-hybridized carbons (Fsp3) is 0.360. The third-order valence-electron chi connectivity index (χ3n) is 6.38. The van der Waals surface area contributed by atoms with E-state index in [0.29, 0.717) is 11.1 Å². The van der Waals surface area contributed by atoms with E-state index in [0.717, 1.165) is 36.8 Å². The van der Waals surface area contributed by atoms with Crippen LogP contribution in [-0.4, -0.2) is 76.4 Å². The zero-order valence-corrected chi connectivity index (χ0v) is 20.4. The smallest absolute Gasteiger partial charge is 0.323 e. The first kappa shape index (κ1) is 24.1. The Morgan fingerprint density at radius 1 is 1.19 bits per heavy atom. The molecule has 1 unspecified atom stereocenters. The molecule has 0 aliphatic carbocycles. The van der Waals surface area contributed by atoms with Crippen LogP contribution in [0.25, 0.3) is 0 Å². The van der Waals surface area contributed by atoms with Crippen LogP contribution in [0.5, 0.6) is 5.75 Å². The Hall–Kier alpha value is -3.62. The highest BCUT2D eigenvalue weighted by Gasteiger charge is 2.48. The van der Waals surface area contributed by atoms with Crippen molar-refractivity contribution >= 4 is 29.6 Å². The van der Waals surface area contributed by atoms with Gasteiger partial charge in [0.2, 0.25) is 5.54 Å². The maximum atomic E-state index is 14.7. The van der Waals surface area contributed by atoms with Gasteiger partial charge in [0.1, 0.15) is 0 Å². The van der Waals surface area contributed by atoms with Gasteiger partial charge in [0.25, 0.3) is 11.8 Å². The third kappa shape index (κ3) is 4.62. The Morgan fingerprint density at radius 2 is 2.00 bits per heavy atom. The fourth-order valence-electron chi connectivity index (χ4n) is 4.46. The van der Waals surface area contributed by atoms with E-state index < -0.39 is 29.2 Å². The van der Waals surface area contributed by atoms with Crippen molar-refractivity contribution in [3.05, 3.63) is 58.7 Å². The number of rotatable bonds is 5. The van der Waals surface area contributed by atoms with Gasteiger partial charge in [0.15, 0.2) is 11.6 Å². The minimum atomic E-state index is -1.68. The van der Waals surface area contributed by atoms with Gasteiger partial charge in [-0.3, -0.25) is 24.8 Å². The van der Waals surface area contributed by atoms with Crippen LogP contribution in [-0.2, 0) is 17.9 Å². The van der Waals surface area contributed by atoms with Crippen molar-refractivity contribution in [2.24, 2.45) is 0 Å². The molecule has 1 aromatic carbocycles. The molecular formula is C25H24FN5O4S. The van der Waals surface area contributed by atoms with E-state index in [-0.39, 0.29) is 24.4 Å². The highest BCUT2D eigenvalue weighted by Crippen LogP contribution is 2.32. The van der Waals surface area contributed by atoms with Gasteiger partial charge in [-0.05, 0) is 23.8 Å². The zero-order chi connectivity index (χ0) is 25.3. The lowest BCUT2D eigenvalue weighted by molar-refractivity contribution is -0.122. The lowest BCUT2D eigenvalue weighted by Crippen LogP contribution is -2.54. The first-order valence-corrected chi connectivity index (χ1v) is 12.6. The number of imide groups is 1. The minimum absolute atomic E-state index is 0.0412. The molecule has 3 aliphatic rings. The summed E-state index contributed by atoms with van der Waals surface area (Å²) < 4.78 is 19.7. The van der Waals surface area contributed by atoms with Crippen molar-refractivity contribution in [1.29, 1.82) is 0 Å². The molecule has 2 N–H and O–H groups in total. The van der Waals surface area contributed by atoms with Crippen LogP contribution in [0, 0.1) is 17.7 Å². The van der Waals surface area contributed by atoms with Crippen LogP contribution in [0.2, 0.25) is 0 Å². The number of ether oxygens (including phenoxy) is 1. The maximum absolute atomic E-state index is 14.7. The number of thioether (sulfide) groups is 1. The summed E-state index contributed by atoms with van der Waals surface area (Å²) in [5.74, 6) is 5.92. The summed E-state index contributed by atoms with van der Waals surface area (Å²) in [6, 6.07) is 6.05. The van der Waals surface area contributed by atoms with Gasteiger partial charge in [0, 0.05) is 49.4 Å². The average molecular weight is 510 g/mol. The summed E-state index contributed by atoms with van der Waals surface area (Å²) in [6.45, 7) is 2.65. The second-order valence-electron chi connectivity index (χ2n) is 8.77. The van der Waals surface area contributed by atoms with E-state index >= 15 is 0 Å². The molecule has 3 aliphatic heterocycles. The summed E-state index contributed by atoms with van der Waals surface area (Å²) in [5, 5.41) is 4.74. The number of hydrogen-bond acceptors (Lipinski definition) is 7. The van der Waals surface area contributed by atoms with Crippen LogP contribution >= 0.6 is 11.8 Å². The molecule has 2 fully saturated rings. The van der Waals surface area contributed by atoms with E-state index in [1.807, 2.05) is 23.9 Å². The molecule has 0 radical (unpaired) electrons. The Balaban J connectivity index is 1.36. The fourth-order valence-corrected chi connectivity index (χ4v) is 5.44. The molecule has 9 nitrogen and oxygen atoms in total. The normalized spacial score (nSPS) is 21.5. The van der Waals surface area contributed by atoms with Crippen LogP contribution in [0.3, 0.4) is 0 Å². The molecule has 1 atom stereocenters.